The van der Waals surface area contributed by atoms with Crippen LogP contribution >= 0.6 is 11.3 Å². The number of ketones is 2. The molecule has 0 spiro atoms. The minimum atomic E-state index is -0.0150. The largest absolute Gasteiger partial charge is 0.355 e. The van der Waals surface area contributed by atoms with E-state index in [1.54, 1.807) is 11.3 Å². The molecule has 0 aliphatic heterocycles. The van der Waals surface area contributed by atoms with Crippen LogP contribution in [0.15, 0.2) is 6.20 Å². The van der Waals surface area contributed by atoms with Crippen LogP contribution in [0.1, 0.15) is 48.9 Å². The molecule has 2 rings (SSSR count). The van der Waals surface area contributed by atoms with E-state index in [-0.39, 0.29) is 11.6 Å². The molecular weight excluding hydrogens is 298 g/mol. The second-order valence-corrected chi connectivity index (χ2v) is 6.94. The van der Waals surface area contributed by atoms with Gasteiger partial charge in [-0.05, 0) is 40.3 Å². The Morgan fingerprint density at radius 3 is 2.50 bits per heavy atom. The summed E-state index contributed by atoms with van der Waals surface area (Å²) in [4.78, 5) is 34.5. The molecule has 0 saturated heterocycles. The Morgan fingerprint density at radius 2 is 2.00 bits per heavy atom. The zero-order chi connectivity index (χ0) is 16.4. The summed E-state index contributed by atoms with van der Waals surface area (Å²) >= 11 is 1.64. The van der Waals surface area contributed by atoms with Crippen molar-refractivity contribution in [1.29, 1.82) is 0 Å². The fourth-order valence-electron chi connectivity index (χ4n) is 2.68. The minimum Gasteiger partial charge on any atom is -0.355 e. The summed E-state index contributed by atoms with van der Waals surface area (Å²) in [5.74, 6) is -0.0179. The van der Waals surface area contributed by atoms with Crippen molar-refractivity contribution >= 4 is 22.9 Å². The molecule has 0 amide bonds. The Bertz CT molecular complexity index is 715. The average molecular weight is 319 g/mol. The van der Waals surface area contributed by atoms with E-state index >= 15 is 0 Å². The molecular formula is C16H21N3O2S. The zero-order valence-electron chi connectivity index (χ0n) is 13.6. The molecule has 0 radical (unpaired) electrons. The van der Waals surface area contributed by atoms with Crippen molar-refractivity contribution in [1.82, 2.24) is 14.9 Å². The number of Topliss-reactive ketones (excluding diaryl/α,β-unsaturated/α-hetero) is 2. The summed E-state index contributed by atoms with van der Waals surface area (Å²) in [6.45, 7) is 8.12. The molecule has 0 aliphatic carbocycles. The van der Waals surface area contributed by atoms with Crippen molar-refractivity contribution in [2.45, 2.75) is 34.2 Å². The third-order valence-corrected chi connectivity index (χ3v) is 4.47. The van der Waals surface area contributed by atoms with Crippen molar-refractivity contribution in [3.8, 4) is 0 Å². The smallest absolute Gasteiger partial charge is 0.193 e. The van der Waals surface area contributed by atoms with Crippen molar-refractivity contribution in [3.05, 3.63) is 38.6 Å². The Hall–Kier alpha value is -1.79. The van der Waals surface area contributed by atoms with Crippen LogP contribution in [0, 0.1) is 20.8 Å². The van der Waals surface area contributed by atoms with Gasteiger partial charge < -0.3 is 4.98 Å². The highest BCUT2D eigenvalue weighted by Gasteiger charge is 2.20. The lowest BCUT2D eigenvalue weighted by atomic mass is 10.1. The van der Waals surface area contributed by atoms with Crippen LogP contribution in [-0.4, -0.2) is 40.0 Å². The molecule has 0 unspecified atom stereocenters. The fourth-order valence-corrected chi connectivity index (χ4v) is 3.56. The molecule has 0 aliphatic rings. The van der Waals surface area contributed by atoms with Gasteiger partial charge in [0.15, 0.2) is 11.6 Å². The number of likely N-dealkylation sites (N-methyl/N-ethyl adjacent to an activating group) is 1. The molecule has 2 heterocycles. The van der Waals surface area contributed by atoms with Gasteiger partial charge in [-0.2, -0.15) is 0 Å². The van der Waals surface area contributed by atoms with E-state index in [1.165, 1.54) is 6.92 Å². The minimum absolute atomic E-state index is 0.00293. The second-order valence-electron chi connectivity index (χ2n) is 5.62. The number of carbonyl (C=O) groups is 2. The lowest BCUT2D eigenvalue weighted by Crippen LogP contribution is -2.26. The first-order valence-electron chi connectivity index (χ1n) is 7.12. The van der Waals surface area contributed by atoms with Crippen LogP contribution in [0.2, 0.25) is 0 Å². The summed E-state index contributed by atoms with van der Waals surface area (Å²) in [6, 6.07) is 0. The predicted molar refractivity (Wildman–Crippen MR) is 87.8 cm³/mol. The molecule has 0 fully saturated rings. The predicted octanol–water partition coefficient (Wildman–Crippen LogP) is 2.91. The van der Waals surface area contributed by atoms with Crippen molar-refractivity contribution in [2.75, 3.05) is 13.6 Å². The number of rotatable bonds is 6. The van der Waals surface area contributed by atoms with Gasteiger partial charge in [-0.25, -0.2) is 4.98 Å². The molecule has 0 aromatic carbocycles. The maximum Gasteiger partial charge on any atom is 0.193 e. The van der Waals surface area contributed by atoms with E-state index in [9.17, 15) is 9.59 Å². The highest BCUT2D eigenvalue weighted by Crippen LogP contribution is 2.19. The van der Waals surface area contributed by atoms with Gasteiger partial charge in [0.1, 0.15) is 0 Å². The number of aromatic amines is 1. The molecule has 0 bridgehead atoms. The van der Waals surface area contributed by atoms with Crippen molar-refractivity contribution in [2.24, 2.45) is 0 Å². The number of aryl methyl sites for hydroxylation is 2. The quantitative estimate of drug-likeness (QED) is 0.831. The first-order chi connectivity index (χ1) is 10.3. The van der Waals surface area contributed by atoms with Crippen LogP contribution in [0.4, 0.5) is 0 Å². The number of H-pyrrole nitrogens is 1. The highest BCUT2D eigenvalue weighted by atomic mass is 32.1. The van der Waals surface area contributed by atoms with Crippen LogP contribution < -0.4 is 0 Å². The molecule has 5 nitrogen and oxygen atoms in total. The van der Waals surface area contributed by atoms with Gasteiger partial charge in [0.25, 0.3) is 0 Å². The Kier molecular flexibility index (Phi) is 4.93. The van der Waals surface area contributed by atoms with Gasteiger partial charge in [-0.15, -0.1) is 11.3 Å². The monoisotopic (exact) mass is 319 g/mol. The number of aromatic nitrogens is 2. The maximum absolute atomic E-state index is 12.5. The molecule has 2 aromatic rings. The lowest BCUT2D eigenvalue weighted by Gasteiger charge is -2.14. The SMILES string of the molecule is CC(=O)c1c(C)[nH]c(C(=O)CN(C)Cc2cnc(C)s2)c1C. The molecule has 6 heteroatoms. The van der Waals surface area contributed by atoms with Crippen LogP contribution in [-0.2, 0) is 6.54 Å². The number of thiazole rings is 1. The number of nitrogens with zero attached hydrogens (tertiary/aromatic N) is 2. The molecule has 0 atom stereocenters. The number of nitrogens with one attached hydrogen (secondary N) is 1. The number of carbonyl (C=O) groups excluding carboxylic acids is 2. The second kappa shape index (κ2) is 6.54. The van der Waals surface area contributed by atoms with E-state index in [0.29, 0.717) is 24.3 Å². The standard InChI is InChI=1S/C16H21N3O2S/c1-9-15(11(3)20)10(2)18-16(9)14(21)8-19(5)7-13-6-17-12(4)22-13/h6,18H,7-8H2,1-5H3. The molecule has 118 valence electrons. The Balaban J connectivity index is 2.09. The fraction of sp³-hybridized carbons (Fsp3) is 0.438. The van der Waals surface area contributed by atoms with E-state index in [0.717, 1.165) is 21.1 Å². The third-order valence-electron chi connectivity index (χ3n) is 3.58. The van der Waals surface area contributed by atoms with Crippen LogP contribution in [0.3, 0.4) is 0 Å². The average Bonchev–Trinajstić information content (AvgIpc) is 2.92. The maximum atomic E-state index is 12.5. The summed E-state index contributed by atoms with van der Waals surface area (Å²) in [7, 11) is 1.91. The Labute approximate surface area is 134 Å². The van der Waals surface area contributed by atoms with Gasteiger partial charge in [0.2, 0.25) is 0 Å². The topological polar surface area (TPSA) is 66.1 Å². The lowest BCUT2D eigenvalue weighted by molar-refractivity contribution is 0.0938. The Morgan fingerprint density at radius 1 is 1.32 bits per heavy atom. The summed E-state index contributed by atoms with van der Waals surface area (Å²) in [5.41, 5.74) is 2.67. The number of hydrogen-bond acceptors (Lipinski definition) is 5. The van der Waals surface area contributed by atoms with E-state index < -0.39 is 0 Å². The van der Waals surface area contributed by atoms with E-state index in [2.05, 4.69) is 9.97 Å². The van der Waals surface area contributed by atoms with Crippen LogP contribution in [0.5, 0.6) is 0 Å². The van der Waals surface area contributed by atoms with Gasteiger partial charge in [-0.3, -0.25) is 14.5 Å². The normalized spacial score (nSPS) is 11.2. The molecule has 22 heavy (non-hydrogen) atoms. The number of hydrogen-bond donors (Lipinski definition) is 1. The van der Waals surface area contributed by atoms with Gasteiger partial charge in [0.05, 0.1) is 17.2 Å². The summed E-state index contributed by atoms with van der Waals surface area (Å²) in [6.07, 6.45) is 1.85. The first-order valence-corrected chi connectivity index (χ1v) is 7.94. The zero-order valence-corrected chi connectivity index (χ0v) is 14.4. The van der Waals surface area contributed by atoms with Crippen molar-refractivity contribution in [3.63, 3.8) is 0 Å². The van der Waals surface area contributed by atoms with E-state index in [4.69, 9.17) is 0 Å². The van der Waals surface area contributed by atoms with Crippen LogP contribution in [0.25, 0.3) is 0 Å². The van der Waals surface area contributed by atoms with Gasteiger partial charge in [-0.1, -0.05) is 0 Å². The van der Waals surface area contributed by atoms with Gasteiger partial charge >= 0.3 is 0 Å². The molecule has 1 N–H and O–H groups in total. The van der Waals surface area contributed by atoms with Gasteiger partial charge in [0, 0.05) is 28.9 Å². The molecule has 2 aromatic heterocycles. The third kappa shape index (κ3) is 3.51. The van der Waals surface area contributed by atoms with E-state index in [1.807, 2.05) is 38.9 Å². The summed E-state index contributed by atoms with van der Waals surface area (Å²) < 4.78 is 0. The highest BCUT2D eigenvalue weighted by molar-refractivity contribution is 7.11. The summed E-state index contributed by atoms with van der Waals surface area (Å²) in [5, 5.41) is 1.02. The first kappa shape index (κ1) is 16.6. The molecule has 0 saturated carbocycles. The van der Waals surface area contributed by atoms with Crippen molar-refractivity contribution < 1.29 is 9.59 Å².